The molecule has 1 heterocycles. The topological polar surface area (TPSA) is 26.0 Å². The molecule has 2 aromatic carbocycles. The zero-order valence-corrected chi connectivity index (χ0v) is 11.8. The molecule has 0 fully saturated rings. The normalized spacial score (nSPS) is 11.6. The SMILES string of the molecule is FC(F)(F)c1ccc(-c2coc(-c3ccc(Cl)cc3)n2)cc1. The highest BCUT2D eigenvalue weighted by Gasteiger charge is 2.30. The summed E-state index contributed by atoms with van der Waals surface area (Å²) in [5.74, 6) is 0.381. The second-order valence-electron chi connectivity index (χ2n) is 4.62. The number of benzene rings is 2. The van der Waals surface area contributed by atoms with Gasteiger partial charge in [-0.1, -0.05) is 23.7 Å². The summed E-state index contributed by atoms with van der Waals surface area (Å²) in [6.45, 7) is 0. The molecule has 0 amide bonds. The second kappa shape index (κ2) is 5.50. The van der Waals surface area contributed by atoms with Crippen molar-refractivity contribution in [2.24, 2.45) is 0 Å². The lowest BCUT2D eigenvalue weighted by Crippen LogP contribution is -2.03. The number of halogens is 4. The lowest BCUT2D eigenvalue weighted by Gasteiger charge is -2.06. The molecule has 3 rings (SSSR count). The fraction of sp³-hybridized carbons (Fsp3) is 0.0625. The quantitative estimate of drug-likeness (QED) is 0.606. The van der Waals surface area contributed by atoms with Gasteiger partial charge in [0.1, 0.15) is 12.0 Å². The van der Waals surface area contributed by atoms with Crippen molar-refractivity contribution < 1.29 is 17.6 Å². The molecule has 0 bridgehead atoms. The fourth-order valence-corrected chi connectivity index (χ4v) is 2.09. The molecule has 0 saturated carbocycles. The highest BCUT2D eigenvalue weighted by atomic mass is 35.5. The van der Waals surface area contributed by atoms with E-state index in [1.807, 2.05) is 0 Å². The summed E-state index contributed by atoms with van der Waals surface area (Å²) >= 11 is 5.81. The minimum Gasteiger partial charge on any atom is -0.444 e. The second-order valence-corrected chi connectivity index (χ2v) is 5.06. The van der Waals surface area contributed by atoms with E-state index in [9.17, 15) is 13.2 Å². The van der Waals surface area contributed by atoms with E-state index in [0.29, 0.717) is 22.2 Å². The van der Waals surface area contributed by atoms with E-state index < -0.39 is 11.7 Å². The zero-order chi connectivity index (χ0) is 15.7. The Morgan fingerprint density at radius 1 is 0.864 bits per heavy atom. The monoisotopic (exact) mass is 323 g/mol. The van der Waals surface area contributed by atoms with Crippen LogP contribution in [-0.2, 0) is 6.18 Å². The van der Waals surface area contributed by atoms with Gasteiger partial charge in [0.05, 0.1) is 5.56 Å². The number of hydrogen-bond acceptors (Lipinski definition) is 2. The van der Waals surface area contributed by atoms with Crippen LogP contribution in [-0.4, -0.2) is 4.98 Å². The van der Waals surface area contributed by atoms with Crippen LogP contribution < -0.4 is 0 Å². The maximum atomic E-state index is 12.5. The Hall–Kier alpha value is -2.27. The van der Waals surface area contributed by atoms with Gasteiger partial charge in [-0.25, -0.2) is 4.98 Å². The van der Waals surface area contributed by atoms with E-state index in [4.69, 9.17) is 16.0 Å². The third-order valence-corrected chi connectivity index (χ3v) is 3.36. The number of alkyl halides is 3. The van der Waals surface area contributed by atoms with Crippen molar-refractivity contribution in [1.29, 1.82) is 0 Å². The molecule has 0 aliphatic heterocycles. The summed E-state index contributed by atoms with van der Waals surface area (Å²) in [6.07, 6.45) is -2.94. The molecule has 0 unspecified atom stereocenters. The van der Waals surface area contributed by atoms with Gasteiger partial charge in [-0.15, -0.1) is 0 Å². The maximum Gasteiger partial charge on any atom is 0.416 e. The molecule has 3 aromatic rings. The first kappa shape index (κ1) is 14.7. The number of rotatable bonds is 2. The average Bonchev–Trinajstić information content (AvgIpc) is 2.97. The van der Waals surface area contributed by atoms with Crippen molar-refractivity contribution in [3.05, 3.63) is 65.4 Å². The van der Waals surface area contributed by atoms with E-state index in [1.165, 1.54) is 18.4 Å². The summed E-state index contributed by atoms with van der Waals surface area (Å²) in [4.78, 5) is 4.28. The van der Waals surface area contributed by atoms with Crippen LogP contribution in [0.25, 0.3) is 22.7 Å². The highest BCUT2D eigenvalue weighted by Crippen LogP contribution is 2.31. The first-order valence-electron chi connectivity index (χ1n) is 6.32. The lowest BCUT2D eigenvalue weighted by atomic mass is 10.1. The Bertz CT molecular complexity index is 776. The number of hydrogen-bond donors (Lipinski definition) is 0. The van der Waals surface area contributed by atoms with Gasteiger partial charge < -0.3 is 4.42 Å². The first-order chi connectivity index (χ1) is 10.4. The number of nitrogens with zero attached hydrogens (tertiary/aromatic N) is 1. The summed E-state index contributed by atoms with van der Waals surface area (Å²) in [7, 11) is 0. The summed E-state index contributed by atoms with van der Waals surface area (Å²) in [5.41, 5.74) is 1.07. The molecule has 0 radical (unpaired) electrons. The van der Waals surface area contributed by atoms with E-state index >= 15 is 0 Å². The number of aromatic nitrogens is 1. The van der Waals surface area contributed by atoms with Crippen molar-refractivity contribution in [3.8, 4) is 22.7 Å². The molecular weight excluding hydrogens is 315 g/mol. The van der Waals surface area contributed by atoms with Crippen LogP contribution >= 0.6 is 11.6 Å². The van der Waals surface area contributed by atoms with Crippen LogP contribution in [0, 0.1) is 0 Å². The van der Waals surface area contributed by atoms with Gasteiger partial charge in [-0.2, -0.15) is 13.2 Å². The standard InChI is InChI=1S/C16H9ClF3NO/c17-13-7-3-11(4-8-13)15-21-14(9-22-15)10-1-5-12(6-2-10)16(18,19)20/h1-9H. The van der Waals surface area contributed by atoms with Gasteiger partial charge in [0.25, 0.3) is 0 Å². The van der Waals surface area contributed by atoms with Crippen molar-refractivity contribution in [3.63, 3.8) is 0 Å². The van der Waals surface area contributed by atoms with Gasteiger partial charge in [0.2, 0.25) is 5.89 Å². The molecule has 0 atom stereocenters. The highest BCUT2D eigenvalue weighted by molar-refractivity contribution is 6.30. The molecule has 1 aromatic heterocycles. The van der Waals surface area contributed by atoms with Crippen molar-refractivity contribution >= 4 is 11.6 Å². The molecule has 0 N–H and O–H groups in total. The van der Waals surface area contributed by atoms with Crippen LogP contribution in [0.3, 0.4) is 0 Å². The third kappa shape index (κ3) is 2.99. The Labute approximate surface area is 129 Å². The van der Waals surface area contributed by atoms with Crippen molar-refractivity contribution in [1.82, 2.24) is 4.98 Å². The van der Waals surface area contributed by atoms with E-state index in [0.717, 1.165) is 17.7 Å². The van der Waals surface area contributed by atoms with Crippen molar-refractivity contribution in [2.75, 3.05) is 0 Å². The summed E-state index contributed by atoms with van der Waals surface area (Å²) < 4.78 is 43.0. The molecule has 2 nitrogen and oxygen atoms in total. The Morgan fingerprint density at radius 3 is 2.05 bits per heavy atom. The Balaban J connectivity index is 1.89. The maximum absolute atomic E-state index is 12.5. The largest absolute Gasteiger partial charge is 0.444 e. The minimum absolute atomic E-state index is 0.381. The molecule has 6 heteroatoms. The van der Waals surface area contributed by atoms with Gasteiger partial charge in [-0.05, 0) is 36.4 Å². The molecule has 0 aliphatic carbocycles. The summed E-state index contributed by atoms with van der Waals surface area (Å²) in [5, 5.41) is 0.596. The molecule has 22 heavy (non-hydrogen) atoms. The fourth-order valence-electron chi connectivity index (χ4n) is 1.96. The predicted molar refractivity (Wildman–Crippen MR) is 77.4 cm³/mol. The van der Waals surface area contributed by atoms with Gasteiger partial charge >= 0.3 is 6.18 Å². The van der Waals surface area contributed by atoms with Crippen LogP contribution in [0.5, 0.6) is 0 Å². The van der Waals surface area contributed by atoms with Crippen LogP contribution in [0.1, 0.15) is 5.56 Å². The molecule has 112 valence electrons. The predicted octanol–water partition coefficient (Wildman–Crippen LogP) is 5.68. The van der Waals surface area contributed by atoms with E-state index in [1.54, 1.807) is 24.3 Å². The molecule has 0 aliphatic rings. The van der Waals surface area contributed by atoms with Crippen molar-refractivity contribution in [2.45, 2.75) is 6.18 Å². The first-order valence-corrected chi connectivity index (χ1v) is 6.70. The molecular formula is C16H9ClF3NO. The Morgan fingerprint density at radius 2 is 1.45 bits per heavy atom. The average molecular weight is 324 g/mol. The third-order valence-electron chi connectivity index (χ3n) is 3.10. The Kier molecular flexibility index (Phi) is 3.66. The van der Waals surface area contributed by atoms with E-state index in [-0.39, 0.29) is 0 Å². The van der Waals surface area contributed by atoms with Gasteiger partial charge in [0.15, 0.2) is 0 Å². The molecule has 0 spiro atoms. The van der Waals surface area contributed by atoms with Gasteiger partial charge in [0, 0.05) is 16.1 Å². The number of oxazole rings is 1. The smallest absolute Gasteiger partial charge is 0.416 e. The van der Waals surface area contributed by atoms with E-state index in [2.05, 4.69) is 4.98 Å². The van der Waals surface area contributed by atoms with Crippen LogP contribution in [0.15, 0.2) is 59.2 Å². The molecule has 0 saturated heterocycles. The van der Waals surface area contributed by atoms with Crippen LogP contribution in [0.4, 0.5) is 13.2 Å². The zero-order valence-electron chi connectivity index (χ0n) is 11.1. The minimum atomic E-state index is -4.35. The van der Waals surface area contributed by atoms with Gasteiger partial charge in [-0.3, -0.25) is 0 Å². The lowest BCUT2D eigenvalue weighted by molar-refractivity contribution is -0.137. The van der Waals surface area contributed by atoms with Crippen LogP contribution in [0.2, 0.25) is 5.02 Å². The summed E-state index contributed by atoms with van der Waals surface area (Å²) in [6, 6.07) is 11.7.